The number of fused-ring (bicyclic) bond motifs is 2. The van der Waals surface area contributed by atoms with E-state index in [2.05, 4.69) is 9.88 Å². The number of pyridine rings is 1. The van der Waals surface area contributed by atoms with E-state index in [1.54, 1.807) is 32.3 Å². The molecule has 0 unspecified atom stereocenters. The molecule has 0 spiro atoms. The molecule has 0 aliphatic carbocycles. The van der Waals surface area contributed by atoms with Gasteiger partial charge in [-0.2, -0.15) is 0 Å². The monoisotopic (exact) mass is 346 g/mol. The highest BCUT2D eigenvalue weighted by atomic mass is 16.5. The van der Waals surface area contributed by atoms with E-state index >= 15 is 0 Å². The van der Waals surface area contributed by atoms with Crippen molar-refractivity contribution >= 4 is 11.8 Å². The average Bonchev–Trinajstić information content (AvgIpc) is 2.61. The Labute approximate surface area is 148 Å². The lowest BCUT2D eigenvalue weighted by atomic mass is 9.85. The fourth-order valence-electron chi connectivity index (χ4n) is 3.68. The summed E-state index contributed by atoms with van der Waals surface area (Å²) in [6.45, 7) is 2.31. The largest absolute Gasteiger partial charge is 0.495 e. The minimum atomic E-state index is -0.172. The molecule has 136 valence electrons. The van der Waals surface area contributed by atoms with Crippen molar-refractivity contribution in [3.05, 3.63) is 24.0 Å². The van der Waals surface area contributed by atoms with Crippen LogP contribution in [0.25, 0.3) is 0 Å². The SMILES string of the molecule is COc1cccnc1CN1CC[C@H]2C[C@@H]1C(=O)N(CC(=O)N(C)C)C2. The van der Waals surface area contributed by atoms with E-state index in [1.807, 2.05) is 12.1 Å². The highest BCUT2D eigenvalue weighted by Gasteiger charge is 2.42. The number of carbonyl (C=O) groups is 2. The number of piperidine rings is 2. The molecule has 2 bridgehead atoms. The number of nitrogens with zero attached hydrogens (tertiary/aromatic N) is 4. The Morgan fingerprint density at radius 2 is 2.24 bits per heavy atom. The van der Waals surface area contributed by atoms with Crippen molar-refractivity contribution in [3.63, 3.8) is 0 Å². The minimum absolute atomic E-state index is 0.0359. The number of amides is 2. The van der Waals surface area contributed by atoms with Gasteiger partial charge in [0, 0.05) is 33.4 Å². The van der Waals surface area contributed by atoms with Gasteiger partial charge < -0.3 is 14.5 Å². The highest BCUT2D eigenvalue weighted by molar-refractivity contribution is 5.88. The van der Waals surface area contributed by atoms with Gasteiger partial charge in [0.15, 0.2) is 0 Å². The van der Waals surface area contributed by atoms with Gasteiger partial charge in [-0.15, -0.1) is 0 Å². The van der Waals surface area contributed by atoms with E-state index in [9.17, 15) is 9.59 Å². The molecular weight excluding hydrogens is 320 g/mol. The Morgan fingerprint density at radius 3 is 2.96 bits per heavy atom. The van der Waals surface area contributed by atoms with E-state index in [1.165, 1.54) is 4.90 Å². The summed E-state index contributed by atoms with van der Waals surface area (Å²) < 4.78 is 5.38. The number of likely N-dealkylation sites (tertiary alicyclic amines) is 2. The molecule has 2 fully saturated rings. The maximum Gasteiger partial charge on any atom is 0.241 e. The van der Waals surface area contributed by atoms with Crippen molar-refractivity contribution in [2.75, 3.05) is 40.8 Å². The third kappa shape index (κ3) is 3.76. The first-order valence-electron chi connectivity index (χ1n) is 8.70. The molecular formula is C18H26N4O3. The number of carbonyl (C=O) groups excluding carboxylic acids is 2. The molecule has 3 heterocycles. The van der Waals surface area contributed by atoms with Crippen LogP contribution >= 0.6 is 0 Å². The van der Waals surface area contributed by atoms with Gasteiger partial charge in [0.25, 0.3) is 0 Å². The van der Waals surface area contributed by atoms with Gasteiger partial charge in [-0.05, 0) is 37.4 Å². The van der Waals surface area contributed by atoms with Crippen LogP contribution in [-0.4, -0.2) is 78.4 Å². The van der Waals surface area contributed by atoms with E-state index in [4.69, 9.17) is 4.74 Å². The third-order valence-corrected chi connectivity index (χ3v) is 5.14. The Morgan fingerprint density at radius 1 is 1.44 bits per heavy atom. The number of ether oxygens (including phenoxy) is 1. The quantitative estimate of drug-likeness (QED) is 0.781. The first kappa shape index (κ1) is 17.7. The maximum absolute atomic E-state index is 12.9. The van der Waals surface area contributed by atoms with Crippen LogP contribution < -0.4 is 4.74 Å². The van der Waals surface area contributed by atoms with E-state index < -0.39 is 0 Å². The summed E-state index contributed by atoms with van der Waals surface area (Å²) >= 11 is 0. The zero-order valence-corrected chi connectivity index (χ0v) is 15.1. The molecule has 3 rings (SSSR count). The summed E-state index contributed by atoms with van der Waals surface area (Å²) in [6, 6.07) is 3.56. The number of likely N-dealkylation sites (N-methyl/N-ethyl adjacent to an activating group) is 1. The molecule has 2 saturated heterocycles. The fourth-order valence-corrected chi connectivity index (χ4v) is 3.68. The molecule has 25 heavy (non-hydrogen) atoms. The number of hydrogen-bond donors (Lipinski definition) is 0. The summed E-state index contributed by atoms with van der Waals surface area (Å²) in [7, 11) is 5.07. The van der Waals surface area contributed by atoms with Crippen LogP contribution in [0.3, 0.4) is 0 Å². The Kier molecular flexibility index (Phi) is 5.22. The molecule has 0 N–H and O–H groups in total. The summed E-state index contributed by atoms with van der Waals surface area (Å²) in [5.41, 5.74) is 0.845. The van der Waals surface area contributed by atoms with Crippen molar-refractivity contribution in [1.82, 2.24) is 19.7 Å². The van der Waals surface area contributed by atoms with Gasteiger partial charge in [0.2, 0.25) is 11.8 Å². The number of methoxy groups -OCH3 is 1. The molecule has 0 aromatic carbocycles. The second-order valence-corrected chi connectivity index (χ2v) is 7.04. The fraction of sp³-hybridized carbons (Fsp3) is 0.611. The van der Waals surface area contributed by atoms with Gasteiger partial charge in [-0.3, -0.25) is 19.5 Å². The van der Waals surface area contributed by atoms with Crippen LogP contribution in [0.4, 0.5) is 0 Å². The lowest BCUT2D eigenvalue weighted by molar-refractivity contribution is -0.150. The standard InChI is InChI=1S/C18H26N4O3/c1-20(2)17(23)12-22-10-13-6-8-21(15(9-13)18(22)24)11-14-16(25-3)5-4-7-19-14/h4-5,7,13,15H,6,8-12H2,1-3H3/t13-,15+/m0/s1. The molecule has 7 heteroatoms. The zero-order valence-electron chi connectivity index (χ0n) is 15.1. The molecule has 1 aromatic heterocycles. The second kappa shape index (κ2) is 7.39. The van der Waals surface area contributed by atoms with E-state index in [0.29, 0.717) is 19.0 Å². The Balaban J connectivity index is 1.73. The summed E-state index contributed by atoms with van der Waals surface area (Å²) in [5, 5.41) is 0. The van der Waals surface area contributed by atoms with Gasteiger partial charge in [-0.25, -0.2) is 0 Å². The predicted molar refractivity (Wildman–Crippen MR) is 93.0 cm³/mol. The molecule has 2 atom stereocenters. The lowest BCUT2D eigenvalue weighted by Crippen LogP contribution is -2.59. The van der Waals surface area contributed by atoms with Crippen LogP contribution in [0.1, 0.15) is 18.5 Å². The van der Waals surface area contributed by atoms with Crippen LogP contribution in [0, 0.1) is 5.92 Å². The van der Waals surface area contributed by atoms with Crippen molar-refractivity contribution in [1.29, 1.82) is 0 Å². The normalized spacial score (nSPS) is 23.5. The van der Waals surface area contributed by atoms with Crippen molar-refractivity contribution in [2.45, 2.75) is 25.4 Å². The number of aromatic nitrogens is 1. The topological polar surface area (TPSA) is 66.0 Å². The second-order valence-electron chi connectivity index (χ2n) is 7.04. The van der Waals surface area contributed by atoms with E-state index in [0.717, 1.165) is 30.8 Å². The average molecular weight is 346 g/mol. The summed E-state index contributed by atoms with van der Waals surface area (Å²) in [6.07, 6.45) is 3.64. The third-order valence-electron chi connectivity index (χ3n) is 5.14. The van der Waals surface area contributed by atoms with Gasteiger partial charge in [-0.1, -0.05) is 0 Å². The molecule has 0 radical (unpaired) electrons. The van der Waals surface area contributed by atoms with Crippen LogP contribution in [0.5, 0.6) is 5.75 Å². The first-order valence-corrected chi connectivity index (χ1v) is 8.70. The Bertz CT molecular complexity index is 649. The summed E-state index contributed by atoms with van der Waals surface area (Å²) in [5.74, 6) is 1.24. The number of hydrogen-bond acceptors (Lipinski definition) is 5. The lowest BCUT2D eigenvalue weighted by Gasteiger charge is -2.46. The van der Waals surface area contributed by atoms with Crippen LogP contribution in [0.2, 0.25) is 0 Å². The van der Waals surface area contributed by atoms with Gasteiger partial charge in [0.1, 0.15) is 5.75 Å². The summed E-state index contributed by atoms with van der Waals surface area (Å²) in [4.78, 5) is 34.8. The van der Waals surface area contributed by atoms with E-state index in [-0.39, 0.29) is 24.4 Å². The number of rotatable bonds is 5. The van der Waals surface area contributed by atoms with Crippen molar-refractivity contribution < 1.29 is 14.3 Å². The smallest absolute Gasteiger partial charge is 0.241 e. The molecule has 1 aromatic rings. The van der Waals surface area contributed by atoms with Crippen LogP contribution in [-0.2, 0) is 16.1 Å². The van der Waals surface area contributed by atoms with Gasteiger partial charge in [0.05, 0.1) is 25.4 Å². The zero-order chi connectivity index (χ0) is 18.0. The first-order chi connectivity index (χ1) is 12.0. The van der Waals surface area contributed by atoms with Crippen LogP contribution in [0.15, 0.2) is 18.3 Å². The highest BCUT2D eigenvalue weighted by Crippen LogP contribution is 2.31. The predicted octanol–water partition coefficient (Wildman–Crippen LogP) is 0.601. The molecule has 7 nitrogen and oxygen atoms in total. The molecule has 2 aliphatic rings. The molecule has 0 saturated carbocycles. The van der Waals surface area contributed by atoms with Crippen molar-refractivity contribution in [3.8, 4) is 5.75 Å². The van der Waals surface area contributed by atoms with Gasteiger partial charge >= 0.3 is 0 Å². The Hall–Kier alpha value is -2.15. The minimum Gasteiger partial charge on any atom is -0.495 e. The van der Waals surface area contributed by atoms with Crippen molar-refractivity contribution in [2.24, 2.45) is 5.92 Å². The molecule has 2 amide bonds. The molecule has 2 aliphatic heterocycles. The maximum atomic E-state index is 12.9.